The molecule has 0 saturated carbocycles. The minimum atomic E-state index is 0.607. The van der Waals surface area contributed by atoms with E-state index in [4.69, 9.17) is 4.74 Å². The summed E-state index contributed by atoms with van der Waals surface area (Å²) in [5.74, 6) is 2.45. The molecule has 0 aromatic heterocycles. The van der Waals surface area contributed by atoms with Crippen LogP contribution in [0.15, 0.2) is 24.3 Å². The molecule has 94 valence electrons. The Balaban J connectivity index is 1.81. The maximum Gasteiger partial charge on any atom is 0.122 e. The van der Waals surface area contributed by atoms with Crippen molar-refractivity contribution < 1.29 is 4.74 Å². The summed E-state index contributed by atoms with van der Waals surface area (Å²) >= 11 is 0. The Bertz CT molecular complexity index is 351. The largest absolute Gasteiger partial charge is 0.493 e. The lowest BCUT2D eigenvalue weighted by Crippen LogP contribution is -2.21. The second-order valence-corrected chi connectivity index (χ2v) is 5.04. The quantitative estimate of drug-likeness (QED) is 0.814. The number of benzene rings is 1. The molecular weight excluding hydrogens is 210 g/mol. The molecule has 2 rings (SSSR count). The molecule has 1 aliphatic rings. The third kappa shape index (κ3) is 3.22. The third-order valence-electron chi connectivity index (χ3n) is 3.55. The molecule has 0 fully saturated rings. The van der Waals surface area contributed by atoms with Gasteiger partial charge in [-0.25, -0.2) is 0 Å². The van der Waals surface area contributed by atoms with Crippen molar-refractivity contribution in [1.82, 2.24) is 5.32 Å². The summed E-state index contributed by atoms with van der Waals surface area (Å²) in [6.45, 7) is 7.55. The van der Waals surface area contributed by atoms with Crippen LogP contribution in [0.5, 0.6) is 5.75 Å². The van der Waals surface area contributed by atoms with Gasteiger partial charge >= 0.3 is 0 Å². The predicted molar refractivity (Wildman–Crippen MR) is 71.6 cm³/mol. The maximum absolute atomic E-state index is 5.71. The van der Waals surface area contributed by atoms with Crippen LogP contribution in [-0.2, 0) is 0 Å². The molecule has 0 amide bonds. The van der Waals surface area contributed by atoms with Gasteiger partial charge in [-0.3, -0.25) is 0 Å². The van der Waals surface area contributed by atoms with E-state index >= 15 is 0 Å². The van der Waals surface area contributed by atoms with Crippen LogP contribution in [0.4, 0.5) is 0 Å². The minimum Gasteiger partial charge on any atom is -0.493 e. The Morgan fingerprint density at radius 2 is 2.24 bits per heavy atom. The molecule has 2 unspecified atom stereocenters. The highest BCUT2D eigenvalue weighted by molar-refractivity contribution is 5.39. The van der Waals surface area contributed by atoms with Crippen LogP contribution in [-0.4, -0.2) is 19.7 Å². The van der Waals surface area contributed by atoms with Crippen LogP contribution in [0, 0.1) is 5.92 Å². The average molecular weight is 233 g/mol. The summed E-state index contributed by atoms with van der Waals surface area (Å²) in [7, 11) is 0. The molecule has 2 nitrogen and oxygen atoms in total. The van der Waals surface area contributed by atoms with Crippen LogP contribution in [0.25, 0.3) is 0 Å². The highest BCUT2D eigenvalue weighted by Crippen LogP contribution is 2.36. The van der Waals surface area contributed by atoms with E-state index in [2.05, 4.69) is 43.4 Å². The minimum absolute atomic E-state index is 0.607. The molecule has 17 heavy (non-hydrogen) atoms. The van der Waals surface area contributed by atoms with E-state index in [1.807, 2.05) is 0 Å². The van der Waals surface area contributed by atoms with Gasteiger partial charge in [-0.2, -0.15) is 0 Å². The molecule has 2 heteroatoms. The fourth-order valence-electron chi connectivity index (χ4n) is 2.45. The zero-order chi connectivity index (χ0) is 12.1. The molecule has 0 saturated heterocycles. The fraction of sp³-hybridized carbons (Fsp3) is 0.600. The van der Waals surface area contributed by atoms with Gasteiger partial charge in [-0.05, 0) is 37.9 Å². The van der Waals surface area contributed by atoms with Crippen LogP contribution in [0.3, 0.4) is 0 Å². The number of fused-ring (bicyclic) bond motifs is 1. The first-order chi connectivity index (χ1) is 8.31. The van der Waals surface area contributed by atoms with E-state index in [-0.39, 0.29) is 0 Å². The number of hydrogen-bond donors (Lipinski definition) is 1. The lowest BCUT2D eigenvalue weighted by atomic mass is 9.92. The molecule has 1 aromatic rings. The van der Waals surface area contributed by atoms with Gasteiger partial charge in [0.25, 0.3) is 0 Å². The van der Waals surface area contributed by atoms with Crippen molar-refractivity contribution >= 4 is 0 Å². The molecule has 1 aromatic carbocycles. The topological polar surface area (TPSA) is 21.3 Å². The van der Waals surface area contributed by atoms with Crippen molar-refractivity contribution in [2.75, 3.05) is 19.7 Å². The van der Waals surface area contributed by atoms with Crippen molar-refractivity contribution in [1.29, 1.82) is 0 Å². The van der Waals surface area contributed by atoms with E-state index in [9.17, 15) is 0 Å². The van der Waals surface area contributed by atoms with Crippen LogP contribution < -0.4 is 10.1 Å². The summed E-state index contributed by atoms with van der Waals surface area (Å²) < 4.78 is 5.71. The van der Waals surface area contributed by atoms with Crippen molar-refractivity contribution in [2.45, 2.75) is 32.6 Å². The summed E-state index contributed by atoms with van der Waals surface area (Å²) in [5, 5.41) is 3.41. The van der Waals surface area contributed by atoms with Gasteiger partial charge in [0.1, 0.15) is 5.75 Å². The molecule has 2 atom stereocenters. The van der Waals surface area contributed by atoms with E-state index < -0.39 is 0 Å². The molecule has 1 N–H and O–H groups in total. The van der Waals surface area contributed by atoms with E-state index in [0.717, 1.165) is 31.4 Å². The first kappa shape index (κ1) is 12.4. The molecule has 0 bridgehead atoms. The van der Waals surface area contributed by atoms with E-state index in [1.54, 1.807) is 0 Å². The first-order valence-corrected chi connectivity index (χ1v) is 6.73. The third-order valence-corrected chi connectivity index (χ3v) is 3.55. The van der Waals surface area contributed by atoms with Crippen molar-refractivity contribution in [2.24, 2.45) is 5.92 Å². The van der Waals surface area contributed by atoms with Crippen molar-refractivity contribution in [3.05, 3.63) is 29.8 Å². The average Bonchev–Trinajstić information content (AvgIpc) is 2.77. The summed E-state index contributed by atoms with van der Waals surface area (Å²) in [6, 6.07) is 8.46. The van der Waals surface area contributed by atoms with E-state index in [0.29, 0.717) is 5.92 Å². The Hall–Kier alpha value is -1.02. The van der Waals surface area contributed by atoms with Gasteiger partial charge in [0.15, 0.2) is 0 Å². The van der Waals surface area contributed by atoms with Gasteiger partial charge in [-0.15, -0.1) is 0 Å². The number of rotatable bonds is 6. The zero-order valence-corrected chi connectivity index (χ0v) is 10.9. The van der Waals surface area contributed by atoms with Crippen LogP contribution in [0.2, 0.25) is 0 Å². The lowest BCUT2D eigenvalue weighted by Gasteiger charge is -2.14. The molecule has 1 heterocycles. The Kier molecular flexibility index (Phi) is 4.43. The second-order valence-electron chi connectivity index (χ2n) is 5.04. The molecule has 0 radical (unpaired) electrons. The Morgan fingerprint density at radius 1 is 1.41 bits per heavy atom. The van der Waals surface area contributed by atoms with Gasteiger partial charge in [-0.1, -0.05) is 32.0 Å². The normalized spacial score (nSPS) is 19.8. The Labute approximate surface area is 104 Å². The fourth-order valence-corrected chi connectivity index (χ4v) is 2.45. The summed E-state index contributed by atoms with van der Waals surface area (Å²) in [6.07, 6.45) is 2.51. The molecular formula is C15H23NO. The van der Waals surface area contributed by atoms with Gasteiger partial charge < -0.3 is 10.1 Å². The second kappa shape index (κ2) is 6.06. The number of ether oxygens (including phenoxy) is 1. The monoisotopic (exact) mass is 233 g/mol. The van der Waals surface area contributed by atoms with Gasteiger partial charge in [0.05, 0.1) is 6.61 Å². The number of hydrogen-bond acceptors (Lipinski definition) is 2. The predicted octanol–water partition coefficient (Wildman–Crippen LogP) is 3.19. The molecule has 1 aliphatic heterocycles. The molecule has 0 spiro atoms. The highest BCUT2D eigenvalue weighted by Gasteiger charge is 2.23. The number of para-hydroxylation sites is 1. The van der Waals surface area contributed by atoms with E-state index in [1.165, 1.54) is 18.4 Å². The van der Waals surface area contributed by atoms with Crippen LogP contribution >= 0.6 is 0 Å². The Morgan fingerprint density at radius 3 is 3.06 bits per heavy atom. The highest BCUT2D eigenvalue weighted by atomic mass is 16.5. The standard InChI is InChI=1S/C15H23NO/c1-3-16-10-12(2)8-9-13-11-17-15-7-5-4-6-14(13)15/h4-7,12-13,16H,3,8-11H2,1-2H3. The number of nitrogens with one attached hydrogen (secondary N) is 1. The van der Waals surface area contributed by atoms with Gasteiger partial charge in [0, 0.05) is 11.5 Å². The smallest absolute Gasteiger partial charge is 0.122 e. The van der Waals surface area contributed by atoms with Crippen molar-refractivity contribution in [3.8, 4) is 5.75 Å². The zero-order valence-electron chi connectivity index (χ0n) is 10.9. The van der Waals surface area contributed by atoms with Gasteiger partial charge in [0.2, 0.25) is 0 Å². The van der Waals surface area contributed by atoms with Crippen molar-refractivity contribution in [3.63, 3.8) is 0 Å². The van der Waals surface area contributed by atoms with Crippen LogP contribution in [0.1, 0.15) is 38.2 Å². The molecule has 0 aliphatic carbocycles. The lowest BCUT2D eigenvalue weighted by molar-refractivity contribution is 0.315. The summed E-state index contributed by atoms with van der Waals surface area (Å²) in [4.78, 5) is 0. The maximum atomic E-state index is 5.71. The first-order valence-electron chi connectivity index (χ1n) is 6.73. The SMILES string of the molecule is CCNCC(C)CCC1COc2ccccc21. The summed E-state index contributed by atoms with van der Waals surface area (Å²) in [5.41, 5.74) is 1.41.